The molecular weight excluding hydrogens is 272 g/mol. The average Bonchev–Trinajstić information content (AvgIpc) is 2.33. The van der Waals surface area contributed by atoms with Gasteiger partial charge in [0.05, 0.1) is 17.9 Å². The van der Waals surface area contributed by atoms with Crippen molar-refractivity contribution in [3.63, 3.8) is 0 Å². The molecule has 8 heteroatoms. The van der Waals surface area contributed by atoms with Crippen LogP contribution in [0.25, 0.3) is 0 Å². The second-order valence-corrected chi connectivity index (χ2v) is 5.42. The minimum Gasteiger partial charge on any atom is -0.389 e. The molecule has 2 aliphatic heterocycles. The van der Waals surface area contributed by atoms with E-state index in [0.29, 0.717) is 12.0 Å². The third-order valence-corrected chi connectivity index (χ3v) is 4.02. The minimum atomic E-state index is -0.973. The van der Waals surface area contributed by atoms with E-state index in [1.165, 1.54) is 30.5 Å². The van der Waals surface area contributed by atoms with Crippen molar-refractivity contribution in [3.05, 3.63) is 11.0 Å². The molecule has 0 aromatic rings. The molecule has 2 heterocycles. The standard InChI is InChI=1S/C11H14N2O5S/c1-5(14)7-4-19-9-3-8(16)13(9)10(7)11(17)18-12-6(2)15/h4-5,9-10,14H,3H2,1-2H3,(H,12,15)/t5?,9-,10?/m0/s1. The first-order valence-corrected chi connectivity index (χ1v) is 6.68. The number of hydrogen-bond acceptors (Lipinski definition) is 6. The first kappa shape index (κ1) is 13.9. The number of nitrogens with zero attached hydrogens (tertiary/aromatic N) is 1. The van der Waals surface area contributed by atoms with Gasteiger partial charge in [0.1, 0.15) is 0 Å². The Morgan fingerprint density at radius 1 is 1.63 bits per heavy atom. The summed E-state index contributed by atoms with van der Waals surface area (Å²) in [5.41, 5.74) is 2.33. The molecule has 0 aliphatic carbocycles. The number of aliphatic hydroxyl groups is 1. The smallest absolute Gasteiger partial charge is 0.358 e. The fraction of sp³-hybridized carbons (Fsp3) is 0.545. The summed E-state index contributed by atoms with van der Waals surface area (Å²) >= 11 is 1.39. The Morgan fingerprint density at radius 3 is 2.84 bits per heavy atom. The number of hydrogen-bond donors (Lipinski definition) is 2. The van der Waals surface area contributed by atoms with Crippen molar-refractivity contribution in [2.75, 3.05) is 0 Å². The molecule has 7 nitrogen and oxygen atoms in total. The molecule has 2 aliphatic rings. The number of fused-ring (bicyclic) bond motifs is 1. The lowest BCUT2D eigenvalue weighted by molar-refractivity contribution is -0.168. The van der Waals surface area contributed by atoms with E-state index in [1.54, 1.807) is 5.41 Å². The monoisotopic (exact) mass is 286 g/mol. The van der Waals surface area contributed by atoms with Crippen molar-refractivity contribution in [2.45, 2.75) is 37.8 Å². The van der Waals surface area contributed by atoms with Crippen LogP contribution in [0.2, 0.25) is 0 Å². The lowest BCUT2D eigenvalue weighted by Crippen LogP contribution is -2.62. The van der Waals surface area contributed by atoms with Crippen molar-refractivity contribution in [2.24, 2.45) is 0 Å². The molecule has 0 aromatic carbocycles. The van der Waals surface area contributed by atoms with Crippen LogP contribution >= 0.6 is 11.8 Å². The maximum Gasteiger partial charge on any atom is 0.358 e. The Labute approximate surface area is 113 Å². The second-order valence-electron chi connectivity index (χ2n) is 4.37. The number of carbonyl (C=O) groups is 3. The minimum absolute atomic E-state index is 0.107. The van der Waals surface area contributed by atoms with Crippen LogP contribution in [-0.4, -0.2) is 45.3 Å². The van der Waals surface area contributed by atoms with Crippen LogP contribution in [0, 0.1) is 0 Å². The largest absolute Gasteiger partial charge is 0.389 e. The molecule has 2 unspecified atom stereocenters. The third kappa shape index (κ3) is 2.59. The van der Waals surface area contributed by atoms with Gasteiger partial charge in [-0.25, -0.2) is 4.79 Å². The van der Waals surface area contributed by atoms with Crippen molar-refractivity contribution in [1.29, 1.82) is 0 Å². The van der Waals surface area contributed by atoms with E-state index in [2.05, 4.69) is 4.84 Å². The Hall–Kier alpha value is -1.54. The van der Waals surface area contributed by atoms with Gasteiger partial charge in [-0.05, 0) is 17.9 Å². The number of rotatable bonds is 2. The molecule has 2 N–H and O–H groups in total. The van der Waals surface area contributed by atoms with Gasteiger partial charge in [-0.15, -0.1) is 11.8 Å². The van der Waals surface area contributed by atoms with Gasteiger partial charge in [-0.3, -0.25) is 9.59 Å². The van der Waals surface area contributed by atoms with Crippen molar-refractivity contribution in [3.8, 4) is 0 Å². The molecule has 0 saturated carbocycles. The first-order valence-electron chi connectivity index (χ1n) is 5.73. The van der Waals surface area contributed by atoms with Crippen LogP contribution in [0.3, 0.4) is 0 Å². The molecule has 1 fully saturated rings. The lowest BCUT2D eigenvalue weighted by Gasteiger charge is -2.47. The van der Waals surface area contributed by atoms with Gasteiger partial charge in [-0.1, -0.05) is 0 Å². The summed E-state index contributed by atoms with van der Waals surface area (Å²) in [5, 5.41) is 11.2. The summed E-state index contributed by atoms with van der Waals surface area (Å²) in [7, 11) is 0. The van der Waals surface area contributed by atoms with Gasteiger partial charge in [0.2, 0.25) is 11.8 Å². The summed E-state index contributed by atoms with van der Waals surface area (Å²) in [4.78, 5) is 40.3. The van der Waals surface area contributed by atoms with E-state index in [4.69, 9.17) is 0 Å². The summed E-state index contributed by atoms with van der Waals surface area (Å²) in [6, 6.07) is -0.973. The van der Waals surface area contributed by atoms with Crippen LogP contribution < -0.4 is 5.48 Å². The molecule has 0 radical (unpaired) electrons. The van der Waals surface area contributed by atoms with Crippen LogP contribution in [0.4, 0.5) is 0 Å². The Balaban J connectivity index is 2.18. The van der Waals surface area contributed by atoms with Crippen molar-refractivity contribution in [1.82, 2.24) is 10.4 Å². The molecule has 0 aromatic heterocycles. The zero-order chi connectivity index (χ0) is 14.2. The zero-order valence-electron chi connectivity index (χ0n) is 10.5. The zero-order valence-corrected chi connectivity index (χ0v) is 11.3. The Kier molecular flexibility index (Phi) is 3.81. The third-order valence-electron chi connectivity index (χ3n) is 2.90. The van der Waals surface area contributed by atoms with Crippen molar-refractivity contribution < 1.29 is 24.3 Å². The predicted molar refractivity (Wildman–Crippen MR) is 66.3 cm³/mol. The molecule has 0 bridgehead atoms. The highest BCUT2D eigenvalue weighted by Gasteiger charge is 2.49. The van der Waals surface area contributed by atoms with Crippen LogP contribution in [0.1, 0.15) is 20.3 Å². The van der Waals surface area contributed by atoms with E-state index < -0.39 is 24.0 Å². The molecule has 19 heavy (non-hydrogen) atoms. The average molecular weight is 286 g/mol. The number of carbonyl (C=O) groups excluding carboxylic acids is 3. The number of hydroxylamine groups is 1. The fourth-order valence-corrected chi connectivity index (χ4v) is 3.21. The normalized spacial score (nSPS) is 26.8. The predicted octanol–water partition coefficient (Wildman–Crippen LogP) is -0.481. The Morgan fingerprint density at radius 2 is 2.32 bits per heavy atom. The molecule has 1 saturated heterocycles. The summed E-state index contributed by atoms with van der Waals surface area (Å²) < 4.78 is 0. The highest BCUT2D eigenvalue weighted by molar-refractivity contribution is 8.02. The van der Waals surface area contributed by atoms with Gasteiger partial charge in [0.15, 0.2) is 6.04 Å². The van der Waals surface area contributed by atoms with E-state index in [1.807, 2.05) is 5.48 Å². The van der Waals surface area contributed by atoms with E-state index in [-0.39, 0.29) is 11.3 Å². The molecule has 3 atom stereocenters. The van der Waals surface area contributed by atoms with Crippen LogP contribution in [0.5, 0.6) is 0 Å². The van der Waals surface area contributed by atoms with Gasteiger partial charge >= 0.3 is 5.97 Å². The number of thioether (sulfide) groups is 1. The van der Waals surface area contributed by atoms with E-state index in [0.717, 1.165) is 0 Å². The number of nitrogens with one attached hydrogen (secondary N) is 1. The maximum atomic E-state index is 12.0. The summed E-state index contributed by atoms with van der Waals surface area (Å²) in [5.74, 6) is -1.47. The van der Waals surface area contributed by atoms with Crippen molar-refractivity contribution >= 4 is 29.5 Å². The lowest BCUT2D eigenvalue weighted by atomic mass is 9.98. The maximum absolute atomic E-state index is 12.0. The van der Waals surface area contributed by atoms with Gasteiger partial charge < -0.3 is 14.8 Å². The number of aliphatic hydroxyl groups excluding tert-OH is 1. The van der Waals surface area contributed by atoms with E-state index in [9.17, 15) is 19.5 Å². The molecule has 104 valence electrons. The second kappa shape index (κ2) is 5.22. The van der Waals surface area contributed by atoms with Gasteiger partial charge in [0.25, 0.3) is 0 Å². The van der Waals surface area contributed by atoms with E-state index >= 15 is 0 Å². The summed E-state index contributed by atoms with van der Waals surface area (Å²) in [6.45, 7) is 2.71. The molecular formula is C11H14N2O5S. The molecule has 0 spiro atoms. The molecule has 2 amide bonds. The highest BCUT2D eigenvalue weighted by Crippen LogP contribution is 2.40. The Bertz CT molecular complexity index is 462. The first-order chi connectivity index (χ1) is 8.91. The molecule has 2 rings (SSSR count). The van der Waals surface area contributed by atoms with Gasteiger partial charge in [0, 0.05) is 6.92 Å². The number of β-lactam (4-membered cyclic amide) rings is 1. The van der Waals surface area contributed by atoms with Crippen LogP contribution in [-0.2, 0) is 19.2 Å². The number of amides is 2. The topological polar surface area (TPSA) is 95.9 Å². The highest BCUT2D eigenvalue weighted by atomic mass is 32.2. The van der Waals surface area contributed by atoms with Gasteiger partial charge in [-0.2, -0.15) is 5.48 Å². The quantitative estimate of drug-likeness (QED) is 0.526. The summed E-state index contributed by atoms with van der Waals surface area (Å²) in [6.07, 6.45) is -0.519. The fourth-order valence-electron chi connectivity index (χ4n) is 1.96. The SMILES string of the molecule is CC(=O)NOC(=O)C1C(C(C)O)=CS[C@H]2CC(=O)N12. The van der Waals surface area contributed by atoms with Crippen LogP contribution in [0.15, 0.2) is 11.0 Å².